The van der Waals surface area contributed by atoms with Gasteiger partial charge in [0.2, 0.25) is 5.91 Å². The Hall–Kier alpha value is -3.29. The lowest BCUT2D eigenvalue weighted by molar-refractivity contribution is -0.116. The molecule has 6 nitrogen and oxygen atoms in total. The molecule has 0 aliphatic heterocycles. The van der Waals surface area contributed by atoms with Gasteiger partial charge in [0.15, 0.2) is 0 Å². The number of carbonyl (C=O) groups is 3. The van der Waals surface area contributed by atoms with E-state index in [0.29, 0.717) is 23.7 Å². The van der Waals surface area contributed by atoms with Crippen molar-refractivity contribution in [3.63, 3.8) is 0 Å². The van der Waals surface area contributed by atoms with E-state index in [9.17, 15) is 23.2 Å². The summed E-state index contributed by atoms with van der Waals surface area (Å²) in [5.41, 5.74) is 0.694. The van der Waals surface area contributed by atoms with Gasteiger partial charge in [-0.15, -0.1) is 0 Å². The molecular weight excluding hydrogens is 368 g/mol. The largest absolute Gasteiger partial charge is 0.352 e. The second kappa shape index (κ2) is 9.59. The van der Waals surface area contributed by atoms with Gasteiger partial charge in [0.05, 0.1) is 5.56 Å². The van der Waals surface area contributed by atoms with E-state index in [0.717, 1.165) is 12.1 Å². The maximum absolute atomic E-state index is 13.5. The van der Waals surface area contributed by atoms with Crippen LogP contribution in [-0.2, 0) is 4.79 Å². The molecule has 2 N–H and O–H groups in total. The third kappa shape index (κ3) is 5.87. The van der Waals surface area contributed by atoms with Crippen LogP contribution in [0.1, 0.15) is 33.6 Å². The topological polar surface area (TPSA) is 78.5 Å². The van der Waals surface area contributed by atoms with Crippen LogP contribution in [0.4, 0.5) is 14.5 Å². The highest BCUT2D eigenvalue weighted by Gasteiger charge is 2.12. The zero-order valence-electron chi connectivity index (χ0n) is 15.6. The first kappa shape index (κ1) is 21.0. The second-order valence-electron chi connectivity index (χ2n) is 6.31. The molecule has 0 aliphatic carbocycles. The van der Waals surface area contributed by atoms with Crippen molar-refractivity contribution in [1.29, 1.82) is 0 Å². The average molecular weight is 389 g/mol. The van der Waals surface area contributed by atoms with Crippen LogP contribution in [0.15, 0.2) is 42.5 Å². The molecule has 148 valence electrons. The molecule has 3 amide bonds. The van der Waals surface area contributed by atoms with Crippen LogP contribution in [0.2, 0.25) is 0 Å². The van der Waals surface area contributed by atoms with Gasteiger partial charge in [-0.1, -0.05) is 6.07 Å². The van der Waals surface area contributed by atoms with E-state index in [-0.39, 0.29) is 30.3 Å². The Morgan fingerprint density at radius 1 is 1.04 bits per heavy atom. The normalized spacial score (nSPS) is 10.3. The zero-order chi connectivity index (χ0) is 20.7. The zero-order valence-corrected chi connectivity index (χ0v) is 15.6. The molecule has 0 aliphatic rings. The van der Waals surface area contributed by atoms with Crippen molar-refractivity contribution in [2.75, 3.05) is 26.0 Å². The molecule has 2 rings (SSSR count). The Kier molecular flexibility index (Phi) is 7.20. The molecule has 0 unspecified atom stereocenters. The van der Waals surface area contributed by atoms with Crippen molar-refractivity contribution in [2.45, 2.75) is 12.8 Å². The molecule has 2 aromatic carbocycles. The lowest BCUT2D eigenvalue weighted by atomic mass is 10.1. The number of anilines is 1. The van der Waals surface area contributed by atoms with Gasteiger partial charge in [0.25, 0.3) is 11.8 Å². The van der Waals surface area contributed by atoms with Crippen LogP contribution >= 0.6 is 0 Å². The van der Waals surface area contributed by atoms with Crippen LogP contribution in [-0.4, -0.2) is 43.3 Å². The predicted octanol–water partition coefficient (Wildman–Crippen LogP) is 2.82. The van der Waals surface area contributed by atoms with Gasteiger partial charge < -0.3 is 15.5 Å². The highest BCUT2D eigenvalue weighted by atomic mass is 19.1. The van der Waals surface area contributed by atoms with Crippen molar-refractivity contribution in [1.82, 2.24) is 10.2 Å². The van der Waals surface area contributed by atoms with Gasteiger partial charge in [-0.3, -0.25) is 14.4 Å². The summed E-state index contributed by atoms with van der Waals surface area (Å²) in [6.45, 7) is 0.155. The highest BCUT2D eigenvalue weighted by Crippen LogP contribution is 2.13. The molecule has 0 fully saturated rings. The lowest BCUT2D eigenvalue weighted by Gasteiger charge is -2.12. The second-order valence-corrected chi connectivity index (χ2v) is 6.31. The van der Waals surface area contributed by atoms with E-state index < -0.39 is 17.5 Å². The number of amides is 3. The quantitative estimate of drug-likeness (QED) is 0.715. The number of benzene rings is 2. The standard InChI is InChI=1S/C20H21F2N3O3/c1-25(2)20(28)13-5-3-6-15(11-13)24-18(26)7-4-10-23-19(27)16-9-8-14(21)12-17(16)22/h3,5-6,8-9,11-12H,4,7,10H2,1-2H3,(H,23,27)(H,24,26). The lowest BCUT2D eigenvalue weighted by Crippen LogP contribution is -2.26. The first-order valence-corrected chi connectivity index (χ1v) is 8.62. The van der Waals surface area contributed by atoms with Gasteiger partial charge in [0.1, 0.15) is 11.6 Å². The summed E-state index contributed by atoms with van der Waals surface area (Å²) in [4.78, 5) is 37.3. The molecule has 0 radical (unpaired) electrons. The predicted molar refractivity (Wildman–Crippen MR) is 101 cm³/mol. The number of halogens is 2. The highest BCUT2D eigenvalue weighted by molar-refractivity contribution is 5.97. The van der Waals surface area contributed by atoms with Crippen LogP contribution in [0.5, 0.6) is 0 Å². The monoisotopic (exact) mass is 389 g/mol. The molecule has 8 heteroatoms. The average Bonchev–Trinajstić information content (AvgIpc) is 2.64. The molecule has 2 aromatic rings. The van der Waals surface area contributed by atoms with Gasteiger partial charge in [-0.25, -0.2) is 8.78 Å². The Morgan fingerprint density at radius 3 is 2.46 bits per heavy atom. The van der Waals surface area contributed by atoms with Crippen molar-refractivity contribution in [3.8, 4) is 0 Å². The fourth-order valence-electron chi connectivity index (χ4n) is 2.43. The smallest absolute Gasteiger partial charge is 0.254 e. The molecular formula is C20H21F2N3O3. The van der Waals surface area contributed by atoms with E-state index in [2.05, 4.69) is 10.6 Å². The molecule has 0 saturated carbocycles. The molecule has 0 aromatic heterocycles. The molecule has 0 spiro atoms. The SMILES string of the molecule is CN(C)C(=O)c1cccc(NC(=O)CCCNC(=O)c2ccc(F)cc2F)c1. The van der Waals surface area contributed by atoms with Crippen LogP contribution < -0.4 is 10.6 Å². The summed E-state index contributed by atoms with van der Waals surface area (Å²) in [6, 6.07) is 9.28. The fraction of sp³-hybridized carbons (Fsp3) is 0.250. The first-order chi connectivity index (χ1) is 13.3. The van der Waals surface area contributed by atoms with Gasteiger partial charge in [0, 0.05) is 44.4 Å². The van der Waals surface area contributed by atoms with Crippen molar-refractivity contribution in [2.24, 2.45) is 0 Å². The number of carbonyl (C=O) groups excluding carboxylic acids is 3. The maximum atomic E-state index is 13.5. The minimum Gasteiger partial charge on any atom is -0.352 e. The molecule has 0 heterocycles. The third-order valence-electron chi connectivity index (χ3n) is 3.84. The van der Waals surface area contributed by atoms with Gasteiger partial charge >= 0.3 is 0 Å². The summed E-state index contributed by atoms with van der Waals surface area (Å²) in [5.74, 6) is -2.83. The number of nitrogens with one attached hydrogen (secondary N) is 2. The Morgan fingerprint density at radius 2 is 1.79 bits per heavy atom. The molecule has 0 saturated heterocycles. The van der Waals surface area contributed by atoms with E-state index in [1.807, 2.05) is 0 Å². The Balaban J connectivity index is 1.79. The van der Waals surface area contributed by atoms with Crippen molar-refractivity contribution in [3.05, 3.63) is 65.2 Å². The van der Waals surface area contributed by atoms with Crippen LogP contribution in [0.3, 0.4) is 0 Å². The van der Waals surface area contributed by atoms with Crippen molar-refractivity contribution >= 4 is 23.4 Å². The Labute approximate surface area is 161 Å². The van der Waals surface area contributed by atoms with Crippen molar-refractivity contribution < 1.29 is 23.2 Å². The number of hydrogen-bond acceptors (Lipinski definition) is 3. The minimum atomic E-state index is -0.942. The third-order valence-corrected chi connectivity index (χ3v) is 3.84. The van der Waals surface area contributed by atoms with Gasteiger partial charge in [-0.2, -0.15) is 0 Å². The maximum Gasteiger partial charge on any atom is 0.254 e. The fourth-order valence-corrected chi connectivity index (χ4v) is 2.43. The van der Waals surface area contributed by atoms with Crippen LogP contribution in [0.25, 0.3) is 0 Å². The summed E-state index contributed by atoms with van der Waals surface area (Å²) in [7, 11) is 3.28. The van der Waals surface area contributed by atoms with E-state index in [4.69, 9.17) is 0 Å². The summed E-state index contributed by atoms with van der Waals surface area (Å²) in [6.07, 6.45) is 0.453. The van der Waals surface area contributed by atoms with E-state index >= 15 is 0 Å². The summed E-state index contributed by atoms with van der Waals surface area (Å²) >= 11 is 0. The molecule has 0 bridgehead atoms. The van der Waals surface area contributed by atoms with Crippen LogP contribution in [0, 0.1) is 11.6 Å². The first-order valence-electron chi connectivity index (χ1n) is 8.62. The summed E-state index contributed by atoms with van der Waals surface area (Å²) < 4.78 is 26.4. The van der Waals surface area contributed by atoms with Gasteiger partial charge in [-0.05, 0) is 36.8 Å². The molecule has 28 heavy (non-hydrogen) atoms. The number of nitrogens with zero attached hydrogens (tertiary/aromatic N) is 1. The van der Waals surface area contributed by atoms with E-state index in [1.54, 1.807) is 38.4 Å². The van der Waals surface area contributed by atoms with E-state index in [1.165, 1.54) is 4.90 Å². The minimum absolute atomic E-state index is 0.123. The number of rotatable bonds is 7. The number of hydrogen-bond donors (Lipinski definition) is 2. The Bertz CT molecular complexity index is 885. The molecule has 0 atom stereocenters. The summed E-state index contributed by atoms with van der Waals surface area (Å²) in [5, 5.41) is 5.17.